The van der Waals surface area contributed by atoms with Crippen LogP contribution in [0.2, 0.25) is 0 Å². The molecule has 0 heterocycles. The van der Waals surface area contributed by atoms with Crippen LogP contribution in [-0.2, 0) is 9.59 Å². The van der Waals surface area contributed by atoms with Crippen molar-refractivity contribution in [1.82, 2.24) is 0 Å². The molecule has 0 spiro atoms. The number of esters is 2. The molecule has 4 nitrogen and oxygen atoms in total. The smallest absolute Gasteiger partial charge is 0.315 e. The molecule has 2 aliphatic rings. The predicted octanol–water partition coefficient (Wildman–Crippen LogP) is 4.25. The first-order valence-corrected chi connectivity index (χ1v) is 9.26. The molecule has 0 N–H and O–H groups in total. The summed E-state index contributed by atoms with van der Waals surface area (Å²) >= 11 is 0. The van der Waals surface area contributed by atoms with Gasteiger partial charge in [0, 0.05) is 0 Å². The molecule has 2 aromatic rings. The van der Waals surface area contributed by atoms with Crippen LogP contribution in [0.5, 0.6) is 11.5 Å². The minimum absolute atomic E-state index is 0.0310. The second-order valence-electron chi connectivity index (χ2n) is 7.47. The van der Waals surface area contributed by atoms with Crippen molar-refractivity contribution in [1.29, 1.82) is 0 Å². The Morgan fingerprint density at radius 1 is 0.704 bits per heavy atom. The van der Waals surface area contributed by atoms with E-state index in [2.05, 4.69) is 0 Å². The summed E-state index contributed by atoms with van der Waals surface area (Å²) in [6.07, 6.45) is 4.85. The van der Waals surface area contributed by atoms with Crippen molar-refractivity contribution in [3.8, 4) is 11.5 Å². The Labute approximate surface area is 158 Å². The van der Waals surface area contributed by atoms with Crippen molar-refractivity contribution in [2.24, 2.45) is 23.7 Å². The number of hydrogen-bond donors (Lipinski definition) is 0. The molecule has 1 saturated carbocycles. The Hall–Kier alpha value is -2.88. The lowest BCUT2D eigenvalue weighted by Crippen LogP contribution is -2.37. The zero-order chi connectivity index (χ0) is 19.0. The van der Waals surface area contributed by atoms with Gasteiger partial charge < -0.3 is 9.47 Å². The summed E-state index contributed by atoms with van der Waals surface area (Å²) in [7, 11) is 0. The molecule has 0 radical (unpaired) electrons. The summed E-state index contributed by atoms with van der Waals surface area (Å²) in [6.45, 7) is 3.95. The number of carbonyl (C=O) groups excluding carboxylic acids is 2. The molecule has 4 heteroatoms. The number of hydrogen-bond acceptors (Lipinski definition) is 4. The molecule has 0 aromatic heterocycles. The number of aryl methyl sites for hydroxylation is 2. The van der Waals surface area contributed by atoms with E-state index in [0.29, 0.717) is 11.5 Å². The van der Waals surface area contributed by atoms with Crippen molar-refractivity contribution >= 4 is 11.9 Å². The van der Waals surface area contributed by atoms with Crippen LogP contribution in [0.25, 0.3) is 0 Å². The van der Waals surface area contributed by atoms with Gasteiger partial charge in [0.05, 0.1) is 11.8 Å². The van der Waals surface area contributed by atoms with E-state index in [1.54, 1.807) is 24.3 Å². The van der Waals surface area contributed by atoms with Crippen molar-refractivity contribution in [3.63, 3.8) is 0 Å². The predicted molar refractivity (Wildman–Crippen MR) is 101 cm³/mol. The third-order valence-electron chi connectivity index (χ3n) is 5.48. The maximum atomic E-state index is 12.8. The van der Waals surface area contributed by atoms with E-state index in [9.17, 15) is 9.59 Å². The largest absolute Gasteiger partial charge is 0.426 e. The van der Waals surface area contributed by atoms with E-state index < -0.39 is 11.8 Å². The van der Waals surface area contributed by atoms with Crippen LogP contribution in [0.4, 0.5) is 0 Å². The van der Waals surface area contributed by atoms with Crippen LogP contribution >= 0.6 is 0 Å². The number of benzene rings is 2. The van der Waals surface area contributed by atoms with Crippen LogP contribution in [0, 0.1) is 37.5 Å². The molecular formula is C23H22O4. The Kier molecular flexibility index (Phi) is 4.56. The van der Waals surface area contributed by atoms with E-state index >= 15 is 0 Å². The van der Waals surface area contributed by atoms with Gasteiger partial charge in [-0.3, -0.25) is 9.59 Å². The molecule has 27 heavy (non-hydrogen) atoms. The second-order valence-corrected chi connectivity index (χ2v) is 7.47. The van der Waals surface area contributed by atoms with Gasteiger partial charge in [0.2, 0.25) is 0 Å². The van der Waals surface area contributed by atoms with Gasteiger partial charge in [-0.05, 0) is 56.4 Å². The van der Waals surface area contributed by atoms with Gasteiger partial charge >= 0.3 is 11.9 Å². The van der Waals surface area contributed by atoms with Gasteiger partial charge in [-0.2, -0.15) is 0 Å². The van der Waals surface area contributed by atoms with Gasteiger partial charge in [-0.15, -0.1) is 0 Å². The summed E-state index contributed by atoms with van der Waals surface area (Å²) in [4.78, 5) is 25.7. The Balaban J connectivity index is 1.51. The molecule has 4 rings (SSSR count). The maximum absolute atomic E-state index is 12.8. The number of allylic oxidation sites excluding steroid dienone is 2. The first-order chi connectivity index (χ1) is 13.0. The van der Waals surface area contributed by atoms with Crippen LogP contribution in [0.1, 0.15) is 17.5 Å². The fraction of sp³-hybridized carbons (Fsp3) is 0.304. The topological polar surface area (TPSA) is 52.6 Å². The van der Waals surface area contributed by atoms with Crippen molar-refractivity contribution in [2.45, 2.75) is 20.3 Å². The van der Waals surface area contributed by atoms with Crippen LogP contribution in [0.15, 0.2) is 60.7 Å². The fourth-order valence-electron chi connectivity index (χ4n) is 4.05. The van der Waals surface area contributed by atoms with E-state index in [1.807, 2.05) is 50.3 Å². The highest BCUT2D eigenvalue weighted by Gasteiger charge is 2.53. The highest BCUT2D eigenvalue weighted by molar-refractivity contribution is 5.86. The molecule has 4 atom stereocenters. The molecule has 0 amide bonds. The summed E-state index contributed by atoms with van der Waals surface area (Å²) in [6, 6.07) is 14.7. The van der Waals surface area contributed by atoms with Crippen molar-refractivity contribution in [2.75, 3.05) is 0 Å². The molecule has 2 aromatic carbocycles. The number of fused-ring (bicyclic) bond motifs is 2. The third kappa shape index (κ3) is 3.52. The van der Waals surface area contributed by atoms with E-state index in [4.69, 9.17) is 9.47 Å². The lowest BCUT2D eigenvalue weighted by molar-refractivity contribution is -0.151. The third-order valence-corrected chi connectivity index (χ3v) is 5.48. The molecule has 1 fully saturated rings. The molecule has 4 unspecified atom stereocenters. The van der Waals surface area contributed by atoms with E-state index in [-0.39, 0.29) is 23.8 Å². The van der Waals surface area contributed by atoms with Gasteiger partial charge in [0.15, 0.2) is 0 Å². The molecule has 0 aliphatic heterocycles. The zero-order valence-electron chi connectivity index (χ0n) is 15.4. The van der Waals surface area contributed by atoms with Crippen LogP contribution in [-0.4, -0.2) is 11.9 Å². The van der Waals surface area contributed by atoms with E-state index in [1.165, 1.54) is 0 Å². The summed E-state index contributed by atoms with van der Waals surface area (Å²) in [5, 5.41) is 0. The SMILES string of the molecule is Cc1ccc(OC(=O)C2C3C=CC(C3)C2C(=O)Oc2ccc(C)cc2)cc1. The quantitative estimate of drug-likeness (QED) is 0.463. The molecule has 138 valence electrons. The summed E-state index contributed by atoms with van der Waals surface area (Å²) in [5.41, 5.74) is 2.19. The van der Waals surface area contributed by atoms with Crippen molar-refractivity contribution < 1.29 is 19.1 Å². The van der Waals surface area contributed by atoms with Gasteiger partial charge in [-0.25, -0.2) is 0 Å². The Morgan fingerprint density at radius 2 is 1.07 bits per heavy atom. The van der Waals surface area contributed by atoms with Crippen LogP contribution < -0.4 is 9.47 Å². The first kappa shape index (κ1) is 17.5. The Morgan fingerprint density at radius 3 is 1.44 bits per heavy atom. The first-order valence-electron chi connectivity index (χ1n) is 9.26. The highest BCUT2D eigenvalue weighted by Crippen LogP contribution is 2.49. The second kappa shape index (κ2) is 7.03. The zero-order valence-corrected chi connectivity index (χ0v) is 15.4. The minimum atomic E-state index is -0.501. The molecule has 2 bridgehead atoms. The standard InChI is InChI=1S/C23H22O4/c1-14-3-9-18(10-4-14)26-22(24)20-16-7-8-17(13-16)21(20)23(25)27-19-11-5-15(2)6-12-19/h3-12,16-17,20-21H,13H2,1-2H3. The van der Waals surface area contributed by atoms with Crippen LogP contribution in [0.3, 0.4) is 0 Å². The monoisotopic (exact) mass is 362 g/mol. The normalized spacial score (nSPS) is 25.4. The molecule has 0 saturated heterocycles. The maximum Gasteiger partial charge on any atom is 0.315 e. The summed E-state index contributed by atoms with van der Waals surface area (Å²) < 4.78 is 11.1. The lowest BCUT2D eigenvalue weighted by atomic mass is 9.83. The van der Waals surface area contributed by atoms with Crippen molar-refractivity contribution in [3.05, 3.63) is 71.8 Å². The minimum Gasteiger partial charge on any atom is -0.426 e. The molecule has 2 aliphatic carbocycles. The Bertz CT molecular complexity index is 806. The fourth-order valence-corrected chi connectivity index (χ4v) is 4.05. The average molecular weight is 362 g/mol. The summed E-state index contributed by atoms with van der Waals surface area (Å²) in [5.74, 6) is -0.653. The average Bonchev–Trinajstić information content (AvgIpc) is 3.27. The number of ether oxygens (including phenoxy) is 2. The van der Waals surface area contributed by atoms with E-state index in [0.717, 1.165) is 17.5 Å². The lowest BCUT2D eigenvalue weighted by Gasteiger charge is -2.24. The number of carbonyl (C=O) groups is 2. The van der Waals surface area contributed by atoms with Gasteiger partial charge in [0.1, 0.15) is 11.5 Å². The highest BCUT2D eigenvalue weighted by atomic mass is 16.5. The van der Waals surface area contributed by atoms with Gasteiger partial charge in [-0.1, -0.05) is 47.5 Å². The molecular weight excluding hydrogens is 340 g/mol. The number of rotatable bonds is 4. The van der Waals surface area contributed by atoms with Gasteiger partial charge in [0.25, 0.3) is 0 Å².